The second-order valence-electron chi connectivity index (χ2n) is 5.66. The molecule has 1 unspecified atom stereocenters. The molecule has 1 heterocycles. The Morgan fingerprint density at radius 1 is 1.10 bits per heavy atom. The van der Waals surface area contributed by atoms with Gasteiger partial charge in [0.1, 0.15) is 0 Å². The van der Waals surface area contributed by atoms with Crippen LogP contribution in [0.5, 0.6) is 0 Å². The summed E-state index contributed by atoms with van der Waals surface area (Å²) >= 11 is 3.54. The zero-order chi connectivity index (χ0) is 14.2. The second kappa shape index (κ2) is 5.23. The highest BCUT2D eigenvalue weighted by Crippen LogP contribution is 2.36. The quantitative estimate of drug-likeness (QED) is 0.640. The first-order valence-electron chi connectivity index (χ1n) is 7.43. The lowest BCUT2D eigenvalue weighted by molar-refractivity contribution is 0.593. The van der Waals surface area contributed by atoms with Crippen LogP contribution in [0.25, 0.3) is 10.9 Å². The van der Waals surface area contributed by atoms with Gasteiger partial charge in [-0.15, -0.1) is 0 Å². The summed E-state index contributed by atoms with van der Waals surface area (Å²) in [5, 5.41) is 5.06. The number of H-pyrrole nitrogens is 1. The third kappa shape index (κ3) is 2.36. The van der Waals surface area contributed by atoms with Gasteiger partial charge in [-0.25, -0.2) is 0 Å². The van der Waals surface area contributed by atoms with Crippen LogP contribution in [0.4, 0.5) is 5.69 Å². The fraction of sp³-hybridized carbons (Fsp3) is 0.222. The van der Waals surface area contributed by atoms with Crippen LogP contribution in [0.1, 0.15) is 30.1 Å². The van der Waals surface area contributed by atoms with Gasteiger partial charge in [0.25, 0.3) is 0 Å². The normalized spacial score (nSPS) is 17.7. The van der Waals surface area contributed by atoms with Crippen molar-refractivity contribution in [3.05, 3.63) is 64.3 Å². The number of aromatic nitrogens is 1. The molecule has 1 aromatic heterocycles. The van der Waals surface area contributed by atoms with Gasteiger partial charge in [0.05, 0.1) is 6.04 Å². The van der Waals surface area contributed by atoms with Crippen LogP contribution >= 0.6 is 15.9 Å². The summed E-state index contributed by atoms with van der Waals surface area (Å²) in [4.78, 5) is 3.63. The average molecular weight is 341 g/mol. The summed E-state index contributed by atoms with van der Waals surface area (Å²) in [6.07, 6.45) is 3.59. The van der Waals surface area contributed by atoms with Crippen LogP contribution in [0.15, 0.2) is 53.0 Å². The minimum atomic E-state index is 0.371. The predicted octanol–water partition coefficient (Wildman–Crippen LogP) is 5.42. The third-order valence-electron chi connectivity index (χ3n) is 4.28. The van der Waals surface area contributed by atoms with Crippen molar-refractivity contribution in [3.63, 3.8) is 0 Å². The molecular weight excluding hydrogens is 324 g/mol. The molecule has 3 heteroatoms. The van der Waals surface area contributed by atoms with Gasteiger partial charge >= 0.3 is 0 Å². The SMILES string of the molecule is Brc1cccc(NC2CCCc3c2[nH]c2ccccc32)c1. The molecule has 0 saturated heterocycles. The summed E-state index contributed by atoms with van der Waals surface area (Å²) < 4.78 is 1.11. The van der Waals surface area contributed by atoms with Crippen molar-refractivity contribution in [2.75, 3.05) is 5.32 Å². The molecule has 4 rings (SSSR count). The Morgan fingerprint density at radius 2 is 2.00 bits per heavy atom. The van der Waals surface area contributed by atoms with Crippen molar-refractivity contribution in [2.24, 2.45) is 0 Å². The number of fused-ring (bicyclic) bond motifs is 3. The first-order valence-corrected chi connectivity index (χ1v) is 8.22. The molecule has 106 valence electrons. The van der Waals surface area contributed by atoms with Crippen LogP contribution in [0.3, 0.4) is 0 Å². The molecular formula is C18H17BrN2. The molecule has 2 nitrogen and oxygen atoms in total. The monoisotopic (exact) mass is 340 g/mol. The van der Waals surface area contributed by atoms with Gasteiger partial charge in [-0.05, 0) is 49.1 Å². The zero-order valence-electron chi connectivity index (χ0n) is 11.7. The number of hydrogen-bond donors (Lipinski definition) is 2. The highest BCUT2D eigenvalue weighted by atomic mass is 79.9. The van der Waals surface area contributed by atoms with Gasteiger partial charge in [-0.1, -0.05) is 40.2 Å². The molecule has 0 aliphatic heterocycles. The van der Waals surface area contributed by atoms with Crippen molar-refractivity contribution in [1.82, 2.24) is 4.98 Å². The van der Waals surface area contributed by atoms with Crippen molar-refractivity contribution >= 4 is 32.5 Å². The standard InChI is InChI=1S/C18H17BrN2/c19-12-5-3-6-13(11-12)20-17-10-4-8-15-14-7-1-2-9-16(14)21-18(15)17/h1-3,5-7,9,11,17,20-21H,4,8,10H2. The largest absolute Gasteiger partial charge is 0.377 e. The summed E-state index contributed by atoms with van der Waals surface area (Å²) in [5.74, 6) is 0. The molecule has 1 atom stereocenters. The van der Waals surface area contributed by atoms with Gasteiger partial charge in [-0.3, -0.25) is 0 Å². The Morgan fingerprint density at radius 3 is 2.90 bits per heavy atom. The number of hydrogen-bond acceptors (Lipinski definition) is 1. The summed E-state index contributed by atoms with van der Waals surface area (Å²) in [7, 11) is 0. The topological polar surface area (TPSA) is 27.8 Å². The lowest BCUT2D eigenvalue weighted by Crippen LogP contribution is -2.17. The molecule has 2 aromatic carbocycles. The summed E-state index contributed by atoms with van der Waals surface area (Å²) in [6.45, 7) is 0. The van der Waals surface area contributed by atoms with E-state index in [0.717, 1.165) is 4.47 Å². The van der Waals surface area contributed by atoms with Gasteiger partial charge in [0.15, 0.2) is 0 Å². The zero-order valence-corrected chi connectivity index (χ0v) is 13.3. The van der Waals surface area contributed by atoms with Crippen molar-refractivity contribution < 1.29 is 0 Å². The first-order chi connectivity index (χ1) is 10.3. The highest BCUT2D eigenvalue weighted by Gasteiger charge is 2.23. The summed E-state index contributed by atoms with van der Waals surface area (Å²) in [5.41, 5.74) is 5.28. The number of anilines is 1. The van der Waals surface area contributed by atoms with Gasteiger partial charge in [0, 0.05) is 26.8 Å². The molecule has 21 heavy (non-hydrogen) atoms. The van der Waals surface area contributed by atoms with E-state index in [-0.39, 0.29) is 0 Å². The molecule has 0 spiro atoms. The fourth-order valence-corrected chi connectivity index (χ4v) is 3.74. The number of benzene rings is 2. The van der Waals surface area contributed by atoms with E-state index < -0.39 is 0 Å². The third-order valence-corrected chi connectivity index (χ3v) is 4.77. The molecule has 0 saturated carbocycles. The lowest BCUT2D eigenvalue weighted by Gasteiger charge is -2.25. The minimum absolute atomic E-state index is 0.371. The van der Waals surface area contributed by atoms with E-state index in [1.165, 1.54) is 47.1 Å². The van der Waals surface area contributed by atoms with E-state index in [0.29, 0.717) is 6.04 Å². The van der Waals surface area contributed by atoms with E-state index in [1.54, 1.807) is 0 Å². The molecule has 2 N–H and O–H groups in total. The van der Waals surface area contributed by atoms with Crippen molar-refractivity contribution in [2.45, 2.75) is 25.3 Å². The first kappa shape index (κ1) is 13.0. The van der Waals surface area contributed by atoms with E-state index in [9.17, 15) is 0 Å². The number of rotatable bonds is 2. The number of halogens is 1. The maximum absolute atomic E-state index is 3.68. The molecule has 1 aliphatic carbocycles. The Bertz CT molecular complexity index is 791. The Balaban J connectivity index is 1.73. The second-order valence-corrected chi connectivity index (χ2v) is 6.58. The smallest absolute Gasteiger partial charge is 0.0666 e. The Kier molecular flexibility index (Phi) is 3.23. The maximum atomic E-state index is 3.68. The molecule has 0 bridgehead atoms. The minimum Gasteiger partial charge on any atom is -0.377 e. The molecule has 1 aliphatic rings. The molecule has 3 aromatic rings. The maximum Gasteiger partial charge on any atom is 0.0666 e. The van der Waals surface area contributed by atoms with Crippen LogP contribution in [0, 0.1) is 0 Å². The number of aromatic amines is 1. The van der Waals surface area contributed by atoms with Gasteiger partial charge in [-0.2, -0.15) is 0 Å². The van der Waals surface area contributed by atoms with Crippen LogP contribution < -0.4 is 5.32 Å². The van der Waals surface area contributed by atoms with E-state index >= 15 is 0 Å². The summed E-state index contributed by atoms with van der Waals surface area (Å²) in [6, 6.07) is 17.4. The predicted molar refractivity (Wildman–Crippen MR) is 91.7 cm³/mol. The van der Waals surface area contributed by atoms with Crippen molar-refractivity contribution in [1.29, 1.82) is 0 Å². The molecule has 0 fully saturated rings. The number of para-hydroxylation sites is 1. The Labute approximate surface area is 132 Å². The van der Waals surface area contributed by atoms with Crippen LogP contribution in [-0.4, -0.2) is 4.98 Å². The van der Waals surface area contributed by atoms with Crippen LogP contribution in [0.2, 0.25) is 0 Å². The lowest BCUT2D eigenvalue weighted by atomic mass is 9.91. The average Bonchev–Trinajstić information content (AvgIpc) is 2.87. The number of nitrogens with one attached hydrogen (secondary N) is 2. The van der Waals surface area contributed by atoms with Gasteiger partial charge in [0.2, 0.25) is 0 Å². The van der Waals surface area contributed by atoms with Crippen LogP contribution in [-0.2, 0) is 6.42 Å². The van der Waals surface area contributed by atoms with Crippen molar-refractivity contribution in [3.8, 4) is 0 Å². The van der Waals surface area contributed by atoms with E-state index in [2.05, 4.69) is 74.8 Å². The number of aryl methyl sites for hydroxylation is 1. The van der Waals surface area contributed by atoms with E-state index in [1.807, 2.05) is 0 Å². The molecule has 0 amide bonds. The van der Waals surface area contributed by atoms with E-state index in [4.69, 9.17) is 0 Å². The highest BCUT2D eigenvalue weighted by molar-refractivity contribution is 9.10. The Hall–Kier alpha value is -1.74. The fourth-order valence-electron chi connectivity index (χ4n) is 3.34. The van der Waals surface area contributed by atoms with Gasteiger partial charge < -0.3 is 10.3 Å². The molecule has 0 radical (unpaired) electrons.